The van der Waals surface area contributed by atoms with Crippen LogP contribution in [0.25, 0.3) is 0 Å². The summed E-state index contributed by atoms with van der Waals surface area (Å²) in [4.78, 5) is 0. The van der Waals surface area contributed by atoms with Crippen molar-refractivity contribution < 1.29 is 9.47 Å². The maximum Gasteiger partial charge on any atom is 0.157 e. The second-order valence-corrected chi connectivity index (χ2v) is 4.60. The first-order chi connectivity index (χ1) is 7.45. The Morgan fingerprint density at radius 1 is 1.13 bits per heavy atom. The topological polar surface area (TPSA) is 30.5 Å². The van der Waals surface area contributed by atoms with Crippen molar-refractivity contribution in [3.8, 4) is 0 Å². The van der Waals surface area contributed by atoms with Crippen LogP contribution in [-0.4, -0.2) is 32.1 Å². The molecule has 0 radical (unpaired) electrons. The summed E-state index contributed by atoms with van der Waals surface area (Å²) in [7, 11) is 0. The fourth-order valence-corrected chi connectivity index (χ4v) is 2.35. The predicted octanol–water partition coefficient (Wildman–Crippen LogP) is 2.06. The van der Waals surface area contributed by atoms with Crippen molar-refractivity contribution in [3.63, 3.8) is 0 Å². The van der Waals surface area contributed by atoms with E-state index in [4.69, 9.17) is 9.47 Å². The van der Waals surface area contributed by atoms with E-state index >= 15 is 0 Å². The number of hydrogen-bond donors (Lipinski definition) is 1. The van der Waals surface area contributed by atoms with Crippen LogP contribution in [0.4, 0.5) is 0 Å². The molecule has 0 spiro atoms. The lowest BCUT2D eigenvalue weighted by atomic mass is 10.0. The van der Waals surface area contributed by atoms with Gasteiger partial charge in [-0.3, -0.25) is 0 Å². The molecule has 0 aromatic carbocycles. The van der Waals surface area contributed by atoms with E-state index in [0.29, 0.717) is 6.04 Å². The molecule has 2 atom stereocenters. The third-order valence-corrected chi connectivity index (χ3v) is 3.32. The molecule has 0 aliphatic carbocycles. The summed E-state index contributed by atoms with van der Waals surface area (Å²) >= 11 is 0. The highest BCUT2D eigenvalue weighted by Crippen LogP contribution is 2.15. The molecule has 2 rings (SSSR count). The molecule has 3 heteroatoms. The van der Waals surface area contributed by atoms with E-state index < -0.39 is 0 Å². The van der Waals surface area contributed by atoms with E-state index in [9.17, 15) is 0 Å². The summed E-state index contributed by atoms with van der Waals surface area (Å²) in [6, 6.07) is 0.683. The molecule has 1 N–H and O–H groups in total. The minimum absolute atomic E-state index is 0.0855. The van der Waals surface area contributed by atoms with E-state index in [1.807, 2.05) is 0 Å². The summed E-state index contributed by atoms with van der Waals surface area (Å²) in [6.07, 6.45) is 8.78. The van der Waals surface area contributed by atoms with Crippen LogP contribution in [0.15, 0.2) is 0 Å². The van der Waals surface area contributed by atoms with Crippen LogP contribution >= 0.6 is 0 Å². The van der Waals surface area contributed by atoms with Crippen LogP contribution in [-0.2, 0) is 9.47 Å². The molecule has 15 heavy (non-hydrogen) atoms. The van der Waals surface area contributed by atoms with Crippen molar-refractivity contribution in [2.24, 2.45) is 0 Å². The first kappa shape index (κ1) is 11.4. The van der Waals surface area contributed by atoms with Gasteiger partial charge in [0.05, 0.1) is 6.61 Å². The molecule has 2 aliphatic rings. The number of ether oxygens (including phenoxy) is 2. The highest BCUT2D eigenvalue weighted by atomic mass is 16.7. The Kier molecular flexibility index (Phi) is 4.90. The van der Waals surface area contributed by atoms with Gasteiger partial charge in [-0.05, 0) is 45.1 Å². The maximum atomic E-state index is 5.72. The fraction of sp³-hybridized carbons (Fsp3) is 1.00. The van der Waals surface area contributed by atoms with Gasteiger partial charge in [-0.15, -0.1) is 0 Å². The Labute approximate surface area is 92.5 Å². The molecule has 2 unspecified atom stereocenters. The van der Waals surface area contributed by atoms with Crippen LogP contribution in [0.2, 0.25) is 0 Å². The van der Waals surface area contributed by atoms with Crippen molar-refractivity contribution in [3.05, 3.63) is 0 Å². The summed E-state index contributed by atoms with van der Waals surface area (Å²) in [5.41, 5.74) is 0. The Balaban J connectivity index is 1.53. The largest absolute Gasteiger partial charge is 0.353 e. The van der Waals surface area contributed by atoms with Gasteiger partial charge in [-0.2, -0.15) is 0 Å². The van der Waals surface area contributed by atoms with Crippen molar-refractivity contribution in [1.82, 2.24) is 5.32 Å². The zero-order valence-electron chi connectivity index (χ0n) is 9.54. The summed E-state index contributed by atoms with van der Waals surface area (Å²) < 4.78 is 11.2. The highest BCUT2D eigenvalue weighted by molar-refractivity contribution is 4.71. The molecule has 2 aliphatic heterocycles. The molecular formula is C12H23NO2. The summed E-state index contributed by atoms with van der Waals surface area (Å²) in [5.74, 6) is 0. The monoisotopic (exact) mass is 213 g/mol. The molecule has 3 nitrogen and oxygen atoms in total. The molecule has 2 saturated heterocycles. The van der Waals surface area contributed by atoms with E-state index in [-0.39, 0.29) is 6.29 Å². The SMILES string of the molecule is C1CCC(CCOC2CCCCO2)NC1. The Bertz CT molecular complexity index is 145. The van der Waals surface area contributed by atoms with Gasteiger partial charge in [0.2, 0.25) is 0 Å². The molecule has 0 aromatic heterocycles. The summed E-state index contributed by atoms with van der Waals surface area (Å²) in [6.45, 7) is 2.92. The molecule has 0 saturated carbocycles. The van der Waals surface area contributed by atoms with Gasteiger partial charge in [0.25, 0.3) is 0 Å². The minimum atomic E-state index is 0.0855. The van der Waals surface area contributed by atoms with Crippen molar-refractivity contribution >= 4 is 0 Å². The highest BCUT2D eigenvalue weighted by Gasteiger charge is 2.16. The zero-order chi connectivity index (χ0) is 10.3. The van der Waals surface area contributed by atoms with E-state index in [1.165, 1.54) is 38.6 Å². The van der Waals surface area contributed by atoms with Gasteiger partial charge in [0.1, 0.15) is 0 Å². The quantitative estimate of drug-likeness (QED) is 0.775. The number of nitrogens with one attached hydrogen (secondary N) is 1. The van der Waals surface area contributed by atoms with Gasteiger partial charge < -0.3 is 14.8 Å². The average Bonchev–Trinajstić information content (AvgIpc) is 2.32. The van der Waals surface area contributed by atoms with Crippen LogP contribution < -0.4 is 5.32 Å². The Hall–Kier alpha value is -0.120. The smallest absolute Gasteiger partial charge is 0.157 e. The van der Waals surface area contributed by atoms with E-state index in [0.717, 1.165) is 26.1 Å². The average molecular weight is 213 g/mol. The second kappa shape index (κ2) is 6.46. The third kappa shape index (κ3) is 4.09. The Morgan fingerprint density at radius 3 is 2.80 bits per heavy atom. The Morgan fingerprint density at radius 2 is 2.07 bits per heavy atom. The van der Waals surface area contributed by atoms with E-state index in [1.54, 1.807) is 0 Å². The van der Waals surface area contributed by atoms with Gasteiger partial charge in [-0.25, -0.2) is 0 Å². The van der Waals surface area contributed by atoms with Crippen LogP contribution in [0.1, 0.15) is 44.9 Å². The molecule has 88 valence electrons. The lowest BCUT2D eigenvalue weighted by molar-refractivity contribution is -0.163. The molecule has 0 amide bonds. The number of rotatable bonds is 4. The van der Waals surface area contributed by atoms with Crippen molar-refractivity contribution in [2.45, 2.75) is 57.3 Å². The van der Waals surface area contributed by atoms with Crippen LogP contribution in [0.5, 0.6) is 0 Å². The van der Waals surface area contributed by atoms with Crippen LogP contribution in [0.3, 0.4) is 0 Å². The van der Waals surface area contributed by atoms with Crippen molar-refractivity contribution in [2.75, 3.05) is 19.8 Å². The second-order valence-electron chi connectivity index (χ2n) is 4.60. The summed E-state index contributed by atoms with van der Waals surface area (Å²) in [5, 5.41) is 3.54. The predicted molar refractivity (Wildman–Crippen MR) is 59.8 cm³/mol. The van der Waals surface area contributed by atoms with Crippen molar-refractivity contribution in [1.29, 1.82) is 0 Å². The maximum absolute atomic E-state index is 5.72. The molecule has 0 bridgehead atoms. The van der Waals surface area contributed by atoms with Gasteiger partial charge in [0, 0.05) is 12.6 Å². The van der Waals surface area contributed by atoms with Gasteiger partial charge in [-0.1, -0.05) is 6.42 Å². The van der Waals surface area contributed by atoms with Crippen LogP contribution in [0, 0.1) is 0 Å². The first-order valence-electron chi connectivity index (χ1n) is 6.42. The van der Waals surface area contributed by atoms with E-state index in [2.05, 4.69) is 5.32 Å². The molecule has 0 aromatic rings. The minimum Gasteiger partial charge on any atom is -0.353 e. The number of hydrogen-bond acceptors (Lipinski definition) is 3. The molecule has 2 fully saturated rings. The lowest BCUT2D eigenvalue weighted by Crippen LogP contribution is -2.35. The van der Waals surface area contributed by atoms with Gasteiger partial charge >= 0.3 is 0 Å². The molecular weight excluding hydrogens is 190 g/mol. The number of piperidine rings is 1. The third-order valence-electron chi connectivity index (χ3n) is 3.32. The van der Waals surface area contributed by atoms with Gasteiger partial charge in [0.15, 0.2) is 6.29 Å². The molecule has 2 heterocycles. The lowest BCUT2D eigenvalue weighted by Gasteiger charge is -2.26. The zero-order valence-corrected chi connectivity index (χ0v) is 9.54. The standard InChI is InChI=1S/C12H23NO2/c1-3-8-13-11(5-1)7-10-15-12-6-2-4-9-14-12/h11-13H,1-10H2. The fourth-order valence-electron chi connectivity index (χ4n) is 2.35. The normalized spacial score (nSPS) is 32.8. The first-order valence-corrected chi connectivity index (χ1v) is 6.42.